The molecule has 0 spiro atoms. The Morgan fingerprint density at radius 1 is 1.27 bits per heavy atom. The largest absolute Gasteiger partial charge is 0.396 e. The number of halogens is 4. The molecule has 0 bridgehead atoms. The van der Waals surface area contributed by atoms with E-state index < -0.39 is 12.6 Å². The van der Waals surface area contributed by atoms with Crippen molar-refractivity contribution < 1.29 is 13.2 Å². The van der Waals surface area contributed by atoms with Crippen LogP contribution >= 0.6 is 11.6 Å². The molecule has 1 aromatic heterocycles. The minimum absolute atomic E-state index is 0.0982. The second kappa shape index (κ2) is 4.35. The molecule has 0 aliphatic carbocycles. The highest BCUT2D eigenvalue weighted by Gasteiger charge is 2.29. The van der Waals surface area contributed by atoms with E-state index in [4.69, 9.17) is 11.6 Å². The quantitative estimate of drug-likeness (QED) is 0.740. The normalized spacial score (nSPS) is 11.9. The molecule has 1 rings (SSSR count). The summed E-state index contributed by atoms with van der Waals surface area (Å²) in [5.41, 5.74) is 1.21. The van der Waals surface area contributed by atoms with Crippen molar-refractivity contribution in [2.45, 2.75) is 32.9 Å². The summed E-state index contributed by atoms with van der Waals surface area (Å²) in [6, 6.07) is 0. The summed E-state index contributed by atoms with van der Waals surface area (Å²) in [4.78, 5) is 7.42. The standard InChI is InChI=1S/C9H10ClF3N2/c1-3-6-5(2)8(10)15-7(14-6)4-9(11,12)13/h3-4H2,1-2H3. The highest BCUT2D eigenvalue weighted by atomic mass is 35.5. The minimum atomic E-state index is -4.30. The van der Waals surface area contributed by atoms with Crippen LogP contribution in [0.2, 0.25) is 5.15 Å². The van der Waals surface area contributed by atoms with Gasteiger partial charge in [-0.2, -0.15) is 13.2 Å². The van der Waals surface area contributed by atoms with Crippen molar-refractivity contribution in [1.82, 2.24) is 9.97 Å². The number of hydrogen-bond acceptors (Lipinski definition) is 2. The molecule has 1 heterocycles. The Morgan fingerprint density at radius 2 is 1.87 bits per heavy atom. The zero-order chi connectivity index (χ0) is 11.6. The van der Waals surface area contributed by atoms with Gasteiger partial charge >= 0.3 is 6.18 Å². The topological polar surface area (TPSA) is 25.8 Å². The molecule has 0 amide bonds. The van der Waals surface area contributed by atoms with Crippen LogP contribution in [-0.2, 0) is 12.8 Å². The van der Waals surface area contributed by atoms with Gasteiger partial charge in [0.15, 0.2) is 0 Å². The van der Waals surface area contributed by atoms with Gasteiger partial charge in [0.05, 0.1) is 0 Å². The van der Waals surface area contributed by atoms with Gasteiger partial charge in [0.25, 0.3) is 0 Å². The number of alkyl halides is 3. The van der Waals surface area contributed by atoms with E-state index in [-0.39, 0.29) is 11.0 Å². The van der Waals surface area contributed by atoms with Crippen molar-refractivity contribution in [2.24, 2.45) is 0 Å². The first-order chi connectivity index (χ1) is 6.83. The Morgan fingerprint density at radius 3 is 2.33 bits per heavy atom. The van der Waals surface area contributed by atoms with Crippen molar-refractivity contribution in [3.8, 4) is 0 Å². The molecule has 15 heavy (non-hydrogen) atoms. The zero-order valence-electron chi connectivity index (χ0n) is 8.32. The fourth-order valence-electron chi connectivity index (χ4n) is 1.18. The Labute approximate surface area is 90.5 Å². The fraction of sp³-hybridized carbons (Fsp3) is 0.556. The Hall–Kier alpha value is -0.840. The third-order valence-electron chi connectivity index (χ3n) is 1.93. The first-order valence-corrected chi connectivity index (χ1v) is 4.80. The number of nitrogens with zero attached hydrogens (tertiary/aromatic N) is 2. The predicted molar refractivity (Wildman–Crippen MR) is 50.9 cm³/mol. The summed E-state index contributed by atoms with van der Waals surface area (Å²) in [5.74, 6) is -0.269. The van der Waals surface area contributed by atoms with Crippen LogP contribution in [0, 0.1) is 6.92 Å². The van der Waals surface area contributed by atoms with Gasteiger partial charge in [0, 0.05) is 11.3 Å². The Balaban J connectivity index is 3.06. The van der Waals surface area contributed by atoms with Gasteiger partial charge in [-0.15, -0.1) is 0 Å². The van der Waals surface area contributed by atoms with E-state index >= 15 is 0 Å². The average Bonchev–Trinajstić information content (AvgIpc) is 2.08. The molecule has 84 valence electrons. The molecule has 0 aliphatic heterocycles. The van der Waals surface area contributed by atoms with Crippen molar-refractivity contribution in [3.63, 3.8) is 0 Å². The Bertz CT molecular complexity index is 363. The fourth-order valence-corrected chi connectivity index (χ4v) is 1.39. The average molecular weight is 239 g/mol. The smallest absolute Gasteiger partial charge is 0.237 e. The molecule has 0 saturated heterocycles. The summed E-state index contributed by atoms with van der Waals surface area (Å²) in [6.07, 6.45) is -4.90. The summed E-state index contributed by atoms with van der Waals surface area (Å²) < 4.78 is 36.3. The van der Waals surface area contributed by atoms with Gasteiger partial charge < -0.3 is 0 Å². The van der Waals surface area contributed by atoms with Gasteiger partial charge in [0.2, 0.25) is 0 Å². The van der Waals surface area contributed by atoms with Gasteiger partial charge in [-0.1, -0.05) is 18.5 Å². The van der Waals surface area contributed by atoms with Gasteiger partial charge in [-0.3, -0.25) is 0 Å². The van der Waals surface area contributed by atoms with E-state index in [2.05, 4.69) is 9.97 Å². The van der Waals surface area contributed by atoms with Crippen LogP contribution in [0.15, 0.2) is 0 Å². The molecule has 0 atom stereocenters. The lowest BCUT2D eigenvalue weighted by atomic mass is 10.2. The molecular formula is C9H10ClF3N2. The van der Waals surface area contributed by atoms with Gasteiger partial charge in [0.1, 0.15) is 17.4 Å². The number of hydrogen-bond donors (Lipinski definition) is 0. The van der Waals surface area contributed by atoms with E-state index in [1.165, 1.54) is 0 Å². The van der Waals surface area contributed by atoms with Crippen molar-refractivity contribution >= 4 is 11.6 Å². The number of rotatable bonds is 2. The van der Waals surface area contributed by atoms with Gasteiger partial charge in [-0.25, -0.2) is 9.97 Å². The van der Waals surface area contributed by atoms with Crippen LogP contribution < -0.4 is 0 Å². The maximum Gasteiger partial charge on any atom is 0.396 e. The molecule has 0 saturated carbocycles. The van der Waals surface area contributed by atoms with E-state index in [0.717, 1.165) is 0 Å². The van der Waals surface area contributed by atoms with Crippen LogP contribution in [0.3, 0.4) is 0 Å². The van der Waals surface area contributed by atoms with Crippen molar-refractivity contribution in [1.29, 1.82) is 0 Å². The highest BCUT2D eigenvalue weighted by Crippen LogP contribution is 2.22. The van der Waals surface area contributed by atoms with Crippen LogP contribution in [0.25, 0.3) is 0 Å². The van der Waals surface area contributed by atoms with E-state index in [9.17, 15) is 13.2 Å². The molecule has 0 N–H and O–H groups in total. The number of aromatic nitrogens is 2. The van der Waals surface area contributed by atoms with E-state index in [1.54, 1.807) is 6.92 Å². The molecule has 0 aliphatic rings. The molecule has 1 aromatic rings. The molecule has 0 radical (unpaired) electrons. The SMILES string of the molecule is CCc1nc(CC(F)(F)F)nc(Cl)c1C. The lowest BCUT2D eigenvalue weighted by molar-refractivity contribution is -0.128. The molecular weight excluding hydrogens is 229 g/mol. The first-order valence-electron chi connectivity index (χ1n) is 4.42. The molecule has 2 nitrogen and oxygen atoms in total. The maximum atomic E-state index is 12.1. The lowest BCUT2D eigenvalue weighted by Crippen LogP contribution is -2.15. The second-order valence-electron chi connectivity index (χ2n) is 3.15. The zero-order valence-corrected chi connectivity index (χ0v) is 9.08. The monoisotopic (exact) mass is 238 g/mol. The third kappa shape index (κ3) is 3.34. The van der Waals surface area contributed by atoms with Crippen molar-refractivity contribution in [2.75, 3.05) is 0 Å². The van der Waals surface area contributed by atoms with Crippen molar-refractivity contribution in [3.05, 3.63) is 22.2 Å². The maximum absolute atomic E-state index is 12.1. The second-order valence-corrected chi connectivity index (χ2v) is 3.51. The first kappa shape index (κ1) is 12.2. The van der Waals surface area contributed by atoms with Crippen LogP contribution in [-0.4, -0.2) is 16.1 Å². The van der Waals surface area contributed by atoms with Crippen LogP contribution in [0.5, 0.6) is 0 Å². The summed E-state index contributed by atoms with van der Waals surface area (Å²) >= 11 is 5.71. The van der Waals surface area contributed by atoms with E-state index in [1.807, 2.05) is 6.92 Å². The third-order valence-corrected chi connectivity index (χ3v) is 2.29. The number of aryl methyl sites for hydroxylation is 1. The predicted octanol–water partition coefficient (Wildman–Crippen LogP) is 3.11. The summed E-state index contributed by atoms with van der Waals surface area (Å²) in [6.45, 7) is 3.50. The highest BCUT2D eigenvalue weighted by molar-refractivity contribution is 6.30. The van der Waals surface area contributed by atoms with E-state index in [0.29, 0.717) is 17.7 Å². The lowest BCUT2D eigenvalue weighted by Gasteiger charge is -2.09. The molecule has 0 unspecified atom stereocenters. The van der Waals surface area contributed by atoms with Crippen LogP contribution in [0.4, 0.5) is 13.2 Å². The summed E-state index contributed by atoms with van der Waals surface area (Å²) in [7, 11) is 0. The minimum Gasteiger partial charge on any atom is -0.237 e. The Kier molecular flexibility index (Phi) is 3.54. The molecule has 0 aromatic carbocycles. The molecule has 6 heteroatoms. The van der Waals surface area contributed by atoms with Crippen LogP contribution in [0.1, 0.15) is 24.0 Å². The molecule has 0 fully saturated rings. The van der Waals surface area contributed by atoms with Gasteiger partial charge in [-0.05, 0) is 13.3 Å². The summed E-state index contributed by atoms with van der Waals surface area (Å²) in [5, 5.41) is 0.0982.